The number of benzene rings is 3. The van der Waals surface area contributed by atoms with E-state index in [4.69, 9.17) is 46.9 Å². The Morgan fingerprint density at radius 1 is 0.854 bits per heavy atom. The first-order valence-corrected chi connectivity index (χ1v) is 13.8. The van der Waals surface area contributed by atoms with Crippen molar-refractivity contribution in [3.63, 3.8) is 0 Å². The van der Waals surface area contributed by atoms with Gasteiger partial charge in [0.25, 0.3) is 0 Å². The van der Waals surface area contributed by atoms with Crippen LogP contribution in [0, 0.1) is 0 Å². The molecule has 0 aliphatic rings. The number of carbonyl (C=O) groups is 2. The summed E-state index contributed by atoms with van der Waals surface area (Å²) in [6.07, 6.45) is -0.692. The van der Waals surface area contributed by atoms with Gasteiger partial charge in [0.1, 0.15) is 29.6 Å². The number of carboxylic acids is 1. The molecule has 0 heterocycles. The van der Waals surface area contributed by atoms with E-state index < -0.39 is 18.2 Å². The zero-order chi connectivity index (χ0) is 29.6. The van der Waals surface area contributed by atoms with Crippen LogP contribution in [0.25, 0.3) is 0 Å². The first-order valence-electron chi connectivity index (χ1n) is 13.0. The summed E-state index contributed by atoms with van der Waals surface area (Å²) in [5.74, 6) is 1.04. The molecule has 3 aromatic rings. The highest BCUT2D eigenvalue weighted by molar-refractivity contribution is 6.34. The summed E-state index contributed by atoms with van der Waals surface area (Å²) < 4.78 is 27.7. The first kappa shape index (κ1) is 31.9. The van der Waals surface area contributed by atoms with Gasteiger partial charge in [-0.2, -0.15) is 0 Å². The lowest BCUT2D eigenvalue weighted by Crippen LogP contribution is -2.38. The maximum Gasteiger partial charge on any atom is 0.415 e. The van der Waals surface area contributed by atoms with E-state index in [0.29, 0.717) is 59.2 Å². The van der Waals surface area contributed by atoms with Crippen LogP contribution in [-0.2, 0) is 16.0 Å². The SMILES string of the molecule is CCOC(Cc1ccc(OCCN(CCCOc2cc(Cl)cc(Cl)c2)C(=O)Oc2cccc(OC)c2)cc1)C(=O)O. The predicted octanol–water partition coefficient (Wildman–Crippen LogP) is 6.38. The van der Waals surface area contributed by atoms with E-state index in [2.05, 4.69) is 0 Å². The standard InChI is InChI=1S/C30H33Cl2NO8/c1-3-38-28(29(34)35)16-21-8-10-24(11-9-21)40-15-13-33(30(36)41-26-7-4-6-25(20-26)37-2)12-5-14-39-27-18-22(31)17-23(32)19-27/h4,6-11,17-20,28H,3,5,12-16H2,1-2H3,(H,34,35). The highest BCUT2D eigenvalue weighted by atomic mass is 35.5. The van der Waals surface area contributed by atoms with Crippen LogP contribution in [0.15, 0.2) is 66.7 Å². The molecule has 3 rings (SSSR count). The summed E-state index contributed by atoms with van der Waals surface area (Å²) in [6.45, 7) is 3.18. The predicted molar refractivity (Wildman–Crippen MR) is 156 cm³/mol. The van der Waals surface area contributed by atoms with Gasteiger partial charge in [-0.05, 0) is 61.4 Å². The summed E-state index contributed by atoms with van der Waals surface area (Å²) in [5, 5.41) is 10.2. The molecule has 1 unspecified atom stereocenters. The van der Waals surface area contributed by atoms with Gasteiger partial charge in [-0.15, -0.1) is 0 Å². The quantitative estimate of drug-likeness (QED) is 0.187. The molecule has 0 bridgehead atoms. The lowest BCUT2D eigenvalue weighted by Gasteiger charge is -2.22. The summed E-state index contributed by atoms with van der Waals surface area (Å²) in [5.41, 5.74) is 0.808. The van der Waals surface area contributed by atoms with Crippen LogP contribution in [0.3, 0.4) is 0 Å². The van der Waals surface area contributed by atoms with Crippen molar-refractivity contribution < 1.29 is 38.4 Å². The highest BCUT2D eigenvalue weighted by Crippen LogP contribution is 2.24. The largest absolute Gasteiger partial charge is 0.497 e. The minimum Gasteiger partial charge on any atom is -0.497 e. The van der Waals surface area contributed by atoms with E-state index in [9.17, 15) is 14.7 Å². The molecule has 1 amide bonds. The Balaban J connectivity index is 1.57. The third kappa shape index (κ3) is 11.0. The Kier molecular flexibility index (Phi) is 12.9. The molecule has 3 aromatic carbocycles. The number of carboxylic acid groups (broad SMARTS) is 1. The van der Waals surface area contributed by atoms with Crippen molar-refractivity contribution in [3.8, 4) is 23.0 Å². The molecular weight excluding hydrogens is 573 g/mol. The summed E-state index contributed by atoms with van der Waals surface area (Å²) >= 11 is 12.1. The molecule has 41 heavy (non-hydrogen) atoms. The minimum absolute atomic E-state index is 0.202. The minimum atomic E-state index is -1.00. The molecule has 0 aliphatic carbocycles. The van der Waals surface area contributed by atoms with E-state index in [1.54, 1.807) is 73.7 Å². The smallest absolute Gasteiger partial charge is 0.415 e. The molecule has 220 valence electrons. The Morgan fingerprint density at radius 3 is 2.20 bits per heavy atom. The summed E-state index contributed by atoms with van der Waals surface area (Å²) in [7, 11) is 1.54. The third-order valence-electron chi connectivity index (χ3n) is 5.80. The normalized spacial score (nSPS) is 11.4. The van der Waals surface area contributed by atoms with Gasteiger partial charge < -0.3 is 33.7 Å². The fourth-order valence-electron chi connectivity index (χ4n) is 3.81. The lowest BCUT2D eigenvalue weighted by atomic mass is 10.1. The van der Waals surface area contributed by atoms with Crippen LogP contribution >= 0.6 is 23.2 Å². The van der Waals surface area contributed by atoms with Crippen LogP contribution in [0.4, 0.5) is 4.79 Å². The Morgan fingerprint density at radius 2 is 1.54 bits per heavy atom. The molecule has 0 fully saturated rings. The number of aliphatic carboxylic acids is 1. The molecule has 0 aromatic heterocycles. The average molecular weight is 606 g/mol. The van der Waals surface area contributed by atoms with Crippen LogP contribution in [0.5, 0.6) is 23.0 Å². The topological polar surface area (TPSA) is 104 Å². The van der Waals surface area contributed by atoms with Crippen molar-refractivity contribution in [2.75, 3.05) is 40.0 Å². The average Bonchev–Trinajstić information content (AvgIpc) is 2.94. The van der Waals surface area contributed by atoms with Crippen LogP contribution in [0.2, 0.25) is 10.0 Å². The maximum atomic E-state index is 13.0. The maximum absolute atomic E-state index is 13.0. The number of rotatable bonds is 16. The number of carbonyl (C=O) groups excluding carboxylic acids is 1. The molecule has 0 radical (unpaired) electrons. The van der Waals surface area contributed by atoms with E-state index >= 15 is 0 Å². The molecule has 0 saturated heterocycles. The zero-order valence-electron chi connectivity index (χ0n) is 22.9. The van der Waals surface area contributed by atoms with Gasteiger partial charge in [-0.25, -0.2) is 9.59 Å². The van der Waals surface area contributed by atoms with E-state index in [0.717, 1.165) is 5.56 Å². The number of amides is 1. The fourth-order valence-corrected chi connectivity index (χ4v) is 4.32. The van der Waals surface area contributed by atoms with Crippen molar-refractivity contribution in [2.45, 2.75) is 25.9 Å². The molecule has 11 heteroatoms. The number of halogens is 2. The summed E-state index contributed by atoms with van der Waals surface area (Å²) in [6, 6.07) is 18.8. The van der Waals surface area contributed by atoms with Crippen molar-refractivity contribution >= 4 is 35.3 Å². The first-order chi connectivity index (χ1) is 19.8. The Labute approximate surface area is 249 Å². The number of hydrogen-bond donors (Lipinski definition) is 1. The van der Waals surface area contributed by atoms with Gasteiger partial charge in [-0.3, -0.25) is 0 Å². The van der Waals surface area contributed by atoms with Crippen LogP contribution in [0.1, 0.15) is 18.9 Å². The van der Waals surface area contributed by atoms with Crippen molar-refractivity contribution in [1.82, 2.24) is 4.90 Å². The number of nitrogens with zero attached hydrogens (tertiary/aromatic N) is 1. The van der Waals surface area contributed by atoms with Crippen LogP contribution < -0.4 is 18.9 Å². The van der Waals surface area contributed by atoms with Gasteiger partial charge in [0.2, 0.25) is 0 Å². The van der Waals surface area contributed by atoms with Gasteiger partial charge >= 0.3 is 12.1 Å². The Hall–Kier alpha value is -3.66. The molecule has 0 spiro atoms. The molecule has 1 atom stereocenters. The lowest BCUT2D eigenvalue weighted by molar-refractivity contribution is -0.149. The molecule has 1 N–H and O–H groups in total. The molecule has 0 saturated carbocycles. The van der Waals surface area contributed by atoms with Gasteiger partial charge in [0, 0.05) is 35.7 Å². The van der Waals surface area contributed by atoms with Crippen molar-refractivity contribution in [1.29, 1.82) is 0 Å². The number of hydrogen-bond acceptors (Lipinski definition) is 7. The van der Waals surface area contributed by atoms with E-state index in [-0.39, 0.29) is 19.6 Å². The second-order valence-electron chi connectivity index (χ2n) is 8.82. The highest BCUT2D eigenvalue weighted by Gasteiger charge is 2.19. The number of ether oxygens (including phenoxy) is 5. The van der Waals surface area contributed by atoms with Crippen molar-refractivity contribution in [2.24, 2.45) is 0 Å². The van der Waals surface area contributed by atoms with Gasteiger partial charge in [0.05, 0.1) is 20.3 Å². The second-order valence-corrected chi connectivity index (χ2v) is 9.69. The summed E-state index contributed by atoms with van der Waals surface area (Å²) in [4.78, 5) is 25.9. The zero-order valence-corrected chi connectivity index (χ0v) is 24.4. The number of methoxy groups -OCH3 is 1. The monoisotopic (exact) mass is 605 g/mol. The van der Waals surface area contributed by atoms with Crippen molar-refractivity contribution in [3.05, 3.63) is 82.3 Å². The molecule has 0 aliphatic heterocycles. The Bertz CT molecular complexity index is 1250. The van der Waals surface area contributed by atoms with E-state index in [1.807, 2.05) is 0 Å². The third-order valence-corrected chi connectivity index (χ3v) is 6.24. The fraction of sp³-hybridized carbons (Fsp3) is 0.333. The molecular formula is C30H33Cl2NO8. The van der Waals surface area contributed by atoms with Gasteiger partial charge in [-0.1, -0.05) is 41.4 Å². The van der Waals surface area contributed by atoms with Gasteiger partial charge in [0.15, 0.2) is 6.10 Å². The van der Waals surface area contributed by atoms with E-state index in [1.165, 1.54) is 12.0 Å². The van der Waals surface area contributed by atoms with Crippen LogP contribution in [-0.4, -0.2) is 68.2 Å². The second kappa shape index (κ2) is 16.6. The molecule has 9 nitrogen and oxygen atoms in total.